The molecule has 2 aromatic carbocycles. The van der Waals surface area contributed by atoms with Gasteiger partial charge in [0.1, 0.15) is 0 Å². The van der Waals surface area contributed by atoms with Crippen LogP contribution in [0.25, 0.3) is 11.1 Å². The molecule has 14 nitrogen and oxygen atoms in total. The molecule has 5 heterocycles. The highest BCUT2D eigenvalue weighted by atomic mass is 16.5. The summed E-state index contributed by atoms with van der Waals surface area (Å²) in [5.41, 5.74) is 5.30. The Hall–Kier alpha value is -4.85. The normalized spacial score (nSPS) is 18.7. The average molecular weight is 833 g/mol. The predicted molar refractivity (Wildman–Crippen MR) is 233 cm³/mol. The van der Waals surface area contributed by atoms with Crippen LogP contribution in [0.1, 0.15) is 102 Å². The summed E-state index contributed by atoms with van der Waals surface area (Å²) < 4.78 is 15.5. The smallest absolute Gasteiger partial charge is 0.417 e. The highest BCUT2D eigenvalue weighted by Crippen LogP contribution is 2.28. The summed E-state index contributed by atoms with van der Waals surface area (Å²) in [5.74, 6) is -0.384. The van der Waals surface area contributed by atoms with Crippen molar-refractivity contribution in [3.63, 3.8) is 0 Å². The molecule has 0 aliphatic carbocycles. The number of nitrogens with one attached hydrogen (secondary N) is 2. The van der Waals surface area contributed by atoms with Crippen LogP contribution >= 0.6 is 0 Å². The lowest BCUT2D eigenvalue weighted by atomic mass is 9.92. The molecule has 3 aromatic rings. The maximum atomic E-state index is 13.2. The first-order chi connectivity index (χ1) is 28.5. The van der Waals surface area contributed by atoms with Crippen molar-refractivity contribution in [2.45, 2.75) is 117 Å². The fourth-order valence-corrected chi connectivity index (χ4v) is 9.16. The minimum absolute atomic E-state index is 0. The average Bonchev–Trinajstić information content (AvgIpc) is 3.55. The van der Waals surface area contributed by atoms with Crippen molar-refractivity contribution in [3.05, 3.63) is 63.6 Å². The first-order valence-electron chi connectivity index (χ1n) is 21.8. The summed E-state index contributed by atoms with van der Waals surface area (Å²) >= 11 is 0. The number of hydrogen-bond acceptors (Lipinski definition) is 9. The van der Waals surface area contributed by atoms with E-state index in [0.29, 0.717) is 44.3 Å². The fourth-order valence-electron chi connectivity index (χ4n) is 9.16. The van der Waals surface area contributed by atoms with Crippen LogP contribution in [-0.2, 0) is 31.9 Å². The summed E-state index contributed by atoms with van der Waals surface area (Å²) in [6, 6.07) is 12.4. The van der Waals surface area contributed by atoms with Gasteiger partial charge in [0.25, 0.3) is 0 Å². The standard InChI is InChI=1S/C29H43N3O5.C16H21N3O3.CH4/c1-4-5-6-7-16-36-28(34)23-8-12-31(13-9-23)24-10-14-32(15-11-24)27(33)21(3)18-22-17-20(2)26-25(19-22)37-29(35)30-26;1-22-16(21)18-9-7-13(8-10-18)19-11-6-12-4-2-3-5-14(12)17-15(19)20;/h17,19,21,23-24H,4-16,18H2,1-3H3,(H,30,35);2-5,13H,6-11H2,1H3,(H,17,20);1H4/t21-;;/m1../s1. The van der Waals surface area contributed by atoms with E-state index in [2.05, 4.69) is 28.2 Å². The first-order valence-corrected chi connectivity index (χ1v) is 21.8. The van der Waals surface area contributed by atoms with Crippen molar-refractivity contribution >= 4 is 40.8 Å². The number of carbonyl (C=O) groups is 4. The van der Waals surface area contributed by atoms with Crippen LogP contribution in [0.15, 0.2) is 45.6 Å². The number of para-hydroxylation sites is 1. The van der Waals surface area contributed by atoms with Gasteiger partial charge in [0, 0.05) is 56.4 Å². The lowest BCUT2D eigenvalue weighted by Gasteiger charge is -2.41. The molecule has 4 amide bonds. The minimum Gasteiger partial charge on any atom is -0.465 e. The van der Waals surface area contributed by atoms with E-state index in [0.717, 1.165) is 106 Å². The van der Waals surface area contributed by atoms with E-state index in [9.17, 15) is 24.0 Å². The number of nitrogens with zero attached hydrogens (tertiary/aromatic N) is 4. The second-order valence-electron chi connectivity index (χ2n) is 16.7. The quantitative estimate of drug-likeness (QED) is 0.149. The first kappa shape index (κ1) is 46.2. The Morgan fingerprint density at radius 1 is 0.867 bits per heavy atom. The largest absolute Gasteiger partial charge is 0.465 e. The molecular weight excluding hydrogens is 765 g/mol. The van der Waals surface area contributed by atoms with E-state index in [4.69, 9.17) is 13.9 Å². The molecule has 2 N–H and O–H groups in total. The number of piperidine rings is 3. The number of fused-ring (bicyclic) bond motifs is 2. The molecule has 0 spiro atoms. The fraction of sp³-hybridized carbons (Fsp3) is 0.630. The Morgan fingerprint density at radius 3 is 2.25 bits per heavy atom. The number of benzene rings is 2. The van der Waals surface area contributed by atoms with Gasteiger partial charge >= 0.3 is 23.8 Å². The summed E-state index contributed by atoms with van der Waals surface area (Å²) in [6.07, 6.45) is 10.9. The lowest BCUT2D eigenvalue weighted by Crippen LogP contribution is -2.50. The number of ether oxygens (including phenoxy) is 2. The number of H-pyrrole nitrogens is 1. The number of anilines is 1. The molecule has 1 atom stereocenters. The van der Waals surface area contributed by atoms with Crippen LogP contribution in [0.2, 0.25) is 0 Å². The number of methoxy groups -OCH3 is 1. The zero-order valence-electron chi connectivity index (χ0n) is 35.5. The predicted octanol–water partition coefficient (Wildman–Crippen LogP) is 7.38. The number of unbranched alkanes of at least 4 members (excludes halogenated alkanes) is 3. The van der Waals surface area contributed by atoms with E-state index in [-0.39, 0.29) is 49.3 Å². The summed E-state index contributed by atoms with van der Waals surface area (Å²) in [4.78, 5) is 71.9. The second kappa shape index (κ2) is 22.1. The zero-order chi connectivity index (χ0) is 41.9. The van der Waals surface area contributed by atoms with Crippen LogP contribution in [0, 0.1) is 18.8 Å². The summed E-state index contributed by atoms with van der Waals surface area (Å²) in [7, 11) is 1.40. The van der Waals surface area contributed by atoms with Gasteiger partial charge in [-0.1, -0.05) is 64.8 Å². The molecule has 4 aliphatic rings. The van der Waals surface area contributed by atoms with Gasteiger partial charge in [-0.05, 0) is 107 Å². The summed E-state index contributed by atoms with van der Waals surface area (Å²) in [5, 5.41) is 3.00. The molecule has 7 rings (SSSR count). The number of likely N-dealkylation sites (tertiary alicyclic amines) is 3. The summed E-state index contributed by atoms with van der Waals surface area (Å²) in [6.45, 7) is 12.1. The Kier molecular flexibility index (Phi) is 17.0. The zero-order valence-corrected chi connectivity index (χ0v) is 35.5. The molecule has 0 radical (unpaired) electrons. The SMILES string of the molecule is C.CCCCCCOC(=O)C1CCN(C2CCN(C(=O)[C@H](C)Cc3cc(C)c4[nH]c(=O)oc4c3)CC2)CC1.COC(=O)N1CCC(N2CCc3ccccc3NC2=O)CC1. The van der Waals surface area contributed by atoms with Crippen molar-refractivity contribution in [2.24, 2.45) is 11.8 Å². The molecule has 3 fully saturated rings. The highest BCUT2D eigenvalue weighted by molar-refractivity contribution is 5.91. The van der Waals surface area contributed by atoms with Gasteiger partial charge in [0.05, 0.1) is 25.2 Å². The number of aromatic nitrogens is 1. The van der Waals surface area contributed by atoms with Crippen LogP contribution in [0.3, 0.4) is 0 Å². The maximum absolute atomic E-state index is 13.2. The number of rotatable bonds is 11. The van der Waals surface area contributed by atoms with Gasteiger partial charge in [-0.25, -0.2) is 14.4 Å². The van der Waals surface area contributed by atoms with E-state index in [1.165, 1.54) is 25.5 Å². The molecular formula is C46H68N6O8. The van der Waals surface area contributed by atoms with E-state index in [1.807, 2.05) is 54.0 Å². The van der Waals surface area contributed by atoms with E-state index < -0.39 is 5.76 Å². The Morgan fingerprint density at radius 2 is 1.55 bits per heavy atom. The second-order valence-corrected chi connectivity index (χ2v) is 16.7. The number of urea groups is 1. The van der Waals surface area contributed by atoms with Crippen molar-refractivity contribution in [1.29, 1.82) is 0 Å². The third-order valence-electron chi connectivity index (χ3n) is 12.6. The molecule has 60 heavy (non-hydrogen) atoms. The van der Waals surface area contributed by atoms with Crippen molar-refractivity contribution in [2.75, 3.05) is 64.8 Å². The van der Waals surface area contributed by atoms with Gasteiger partial charge in [0.15, 0.2) is 5.58 Å². The van der Waals surface area contributed by atoms with Crippen LogP contribution < -0.4 is 11.1 Å². The monoisotopic (exact) mass is 833 g/mol. The molecule has 330 valence electrons. The van der Waals surface area contributed by atoms with Crippen molar-refractivity contribution in [1.82, 2.24) is 24.6 Å². The Bertz CT molecular complexity index is 1940. The molecule has 0 bridgehead atoms. The molecule has 1 aromatic heterocycles. The van der Waals surface area contributed by atoms with Gasteiger partial charge in [-0.2, -0.15) is 0 Å². The maximum Gasteiger partial charge on any atom is 0.417 e. The Labute approximate surface area is 355 Å². The number of aryl methyl sites for hydroxylation is 1. The molecule has 4 aliphatic heterocycles. The number of aromatic amines is 1. The number of hydrogen-bond donors (Lipinski definition) is 2. The number of esters is 1. The Balaban J connectivity index is 0.000000253. The van der Waals surface area contributed by atoms with Gasteiger partial charge in [-0.3, -0.25) is 14.6 Å². The van der Waals surface area contributed by atoms with Crippen LogP contribution in [0.4, 0.5) is 15.3 Å². The minimum atomic E-state index is -0.454. The third kappa shape index (κ3) is 11.9. The van der Waals surface area contributed by atoms with Crippen molar-refractivity contribution in [3.8, 4) is 0 Å². The number of oxazole rings is 1. The third-order valence-corrected chi connectivity index (χ3v) is 12.6. The van der Waals surface area contributed by atoms with Crippen LogP contribution in [-0.4, -0.2) is 120 Å². The van der Waals surface area contributed by atoms with E-state index in [1.54, 1.807) is 4.90 Å². The van der Waals surface area contributed by atoms with Gasteiger partial charge in [-0.15, -0.1) is 0 Å². The molecule has 14 heteroatoms. The lowest BCUT2D eigenvalue weighted by molar-refractivity contribution is -0.150. The van der Waals surface area contributed by atoms with Crippen LogP contribution in [0.5, 0.6) is 0 Å². The number of amides is 4. The van der Waals surface area contributed by atoms with Gasteiger partial charge in [0.2, 0.25) is 5.91 Å². The van der Waals surface area contributed by atoms with Gasteiger partial charge < -0.3 is 38.8 Å². The molecule has 0 saturated carbocycles. The van der Waals surface area contributed by atoms with E-state index >= 15 is 0 Å². The molecule has 0 unspecified atom stereocenters. The highest BCUT2D eigenvalue weighted by Gasteiger charge is 2.34. The number of carbonyl (C=O) groups excluding carboxylic acids is 4. The van der Waals surface area contributed by atoms with Crippen molar-refractivity contribution < 1.29 is 33.1 Å². The molecule has 3 saturated heterocycles. The topological polar surface area (TPSA) is 158 Å².